The number of hydrogen-bond donors (Lipinski definition) is 1. The summed E-state index contributed by atoms with van der Waals surface area (Å²) in [5.41, 5.74) is 6.61. The molecule has 120 valence electrons. The van der Waals surface area contributed by atoms with Crippen LogP contribution < -0.4 is 5.73 Å². The van der Waals surface area contributed by atoms with E-state index in [-0.39, 0.29) is 29.3 Å². The van der Waals surface area contributed by atoms with Gasteiger partial charge in [0.05, 0.1) is 16.5 Å². The Balaban J connectivity index is 0.00000176. The van der Waals surface area contributed by atoms with Gasteiger partial charge in [0.1, 0.15) is 0 Å². The van der Waals surface area contributed by atoms with Crippen molar-refractivity contribution in [2.24, 2.45) is 17.6 Å². The molecule has 1 aliphatic carbocycles. The molecule has 2 N–H and O–H groups in total. The van der Waals surface area contributed by atoms with E-state index >= 15 is 0 Å². The number of sulfonamides is 1. The van der Waals surface area contributed by atoms with Crippen molar-refractivity contribution in [3.63, 3.8) is 0 Å². The number of nitriles is 1. The Kier molecular flexibility index (Phi) is 5.13. The normalized spacial score (nSPS) is 28.5. The second-order valence-electron chi connectivity index (χ2n) is 5.98. The van der Waals surface area contributed by atoms with Gasteiger partial charge < -0.3 is 5.73 Å². The van der Waals surface area contributed by atoms with Gasteiger partial charge in [0.25, 0.3) is 0 Å². The summed E-state index contributed by atoms with van der Waals surface area (Å²) in [7, 11) is -3.48. The fourth-order valence-corrected chi connectivity index (χ4v) is 5.06. The van der Waals surface area contributed by atoms with Crippen LogP contribution in [0, 0.1) is 23.2 Å². The minimum Gasteiger partial charge on any atom is -0.327 e. The molecule has 0 bridgehead atoms. The standard InChI is InChI=1S/C15H19N3O2S.ClH/c16-8-11-4-6-13(7-5-11)21(19,20)18-9-12-2-1-3-15(17)14(12)10-18;/h4-7,12,14-15H,1-3,9-10,17H2;1H. The van der Waals surface area contributed by atoms with Crippen LogP contribution >= 0.6 is 12.4 Å². The number of halogens is 1. The lowest BCUT2D eigenvalue weighted by atomic mass is 9.78. The van der Waals surface area contributed by atoms with E-state index < -0.39 is 10.0 Å². The maximum Gasteiger partial charge on any atom is 0.243 e. The van der Waals surface area contributed by atoms with E-state index in [0.717, 1.165) is 19.3 Å². The Morgan fingerprint density at radius 1 is 1.18 bits per heavy atom. The van der Waals surface area contributed by atoms with Crippen LogP contribution in [-0.4, -0.2) is 31.9 Å². The number of rotatable bonds is 2. The van der Waals surface area contributed by atoms with E-state index in [1.54, 1.807) is 16.4 Å². The fraction of sp³-hybridized carbons (Fsp3) is 0.533. The predicted molar refractivity (Wildman–Crippen MR) is 86.0 cm³/mol. The van der Waals surface area contributed by atoms with Crippen molar-refractivity contribution in [3.05, 3.63) is 29.8 Å². The van der Waals surface area contributed by atoms with Gasteiger partial charge in [-0.2, -0.15) is 9.57 Å². The fourth-order valence-electron chi connectivity index (χ4n) is 3.52. The molecule has 1 heterocycles. The highest BCUT2D eigenvalue weighted by atomic mass is 35.5. The van der Waals surface area contributed by atoms with Gasteiger partial charge in [0, 0.05) is 19.1 Å². The summed E-state index contributed by atoms with van der Waals surface area (Å²) >= 11 is 0. The lowest BCUT2D eigenvalue weighted by molar-refractivity contribution is 0.260. The predicted octanol–water partition coefficient (Wildman–Crippen LogP) is 1.73. The van der Waals surface area contributed by atoms with Crippen LogP contribution in [0.25, 0.3) is 0 Å². The van der Waals surface area contributed by atoms with Crippen molar-refractivity contribution < 1.29 is 8.42 Å². The molecule has 1 saturated carbocycles. The highest BCUT2D eigenvalue weighted by molar-refractivity contribution is 7.89. The lowest BCUT2D eigenvalue weighted by Crippen LogP contribution is -2.38. The molecule has 3 rings (SSSR count). The van der Waals surface area contributed by atoms with Crippen LogP contribution in [0.15, 0.2) is 29.2 Å². The summed E-state index contributed by atoms with van der Waals surface area (Å²) in [6, 6.07) is 8.22. The summed E-state index contributed by atoms with van der Waals surface area (Å²) in [6.07, 6.45) is 3.15. The second-order valence-corrected chi connectivity index (χ2v) is 7.91. The summed E-state index contributed by atoms with van der Waals surface area (Å²) in [5, 5.41) is 8.79. The van der Waals surface area contributed by atoms with Crippen LogP contribution in [-0.2, 0) is 10.0 Å². The zero-order chi connectivity index (χ0) is 15.0. The van der Waals surface area contributed by atoms with E-state index in [9.17, 15) is 8.42 Å². The molecular weight excluding hydrogens is 322 g/mol. The molecule has 0 aromatic heterocycles. The molecule has 1 aromatic carbocycles. The molecule has 3 atom stereocenters. The molecule has 2 fully saturated rings. The Bertz CT molecular complexity index is 669. The molecule has 1 saturated heterocycles. The number of benzene rings is 1. The highest BCUT2D eigenvalue weighted by Gasteiger charge is 2.43. The third kappa shape index (κ3) is 2.99. The average molecular weight is 342 g/mol. The third-order valence-corrected chi connectivity index (χ3v) is 6.59. The van der Waals surface area contributed by atoms with Gasteiger partial charge in [-0.3, -0.25) is 0 Å². The number of hydrogen-bond acceptors (Lipinski definition) is 4. The first-order valence-electron chi connectivity index (χ1n) is 7.28. The first-order valence-corrected chi connectivity index (χ1v) is 8.72. The Hall–Kier alpha value is -1.13. The molecule has 7 heteroatoms. The molecule has 22 heavy (non-hydrogen) atoms. The number of nitrogens with zero attached hydrogens (tertiary/aromatic N) is 2. The largest absolute Gasteiger partial charge is 0.327 e. The SMILES string of the molecule is Cl.N#Cc1ccc(S(=O)(=O)N2CC3CCCC(N)C3C2)cc1. The van der Waals surface area contributed by atoms with Crippen molar-refractivity contribution in [1.82, 2.24) is 4.31 Å². The second kappa shape index (κ2) is 6.55. The quantitative estimate of drug-likeness (QED) is 0.887. The first kappa shape index (κ1) is 17.2. The number of fused-ring (bicyclic) bond motifs is 1. The topological polar surface area (TPSA) is 87.2 Å². The molecule has 1 aliphatic heterocycles. The van der Waals surface area contributed by atoms with Crippen molar-refractivity contribution in [2.45, 2.75) is 30.2 Å². The molecule has 2 aliphatic rings. The van der Waals surface area contributed by atoms with Crippen molar-refractivity contribution in [3.8, 4) is 6.07 Å². The van der Waals surface area contributed by atoms with Gasteiger partial charge in [-0.1, -0.05) is 6.42 Å². The van der Waals surface area contributed by atoms with E-state index in [1.165, 1.54) is 12.1 Å². The van der Waals surface area contributed by atoms with Crippen LogP contribution in [0.1, 0.15) is 24.8 Å². The molecule has 0 spiro atoms. The minimum absolute atomic E-state index is 0. The Labute approximate surface area is 137 Å². The van der Waals surface area contributed by atoms with Crippen LogP contribution in [0.4, 0.5) is 0 Å². The summed E-state index contributed by atoms with van der Waals surface area (Å²) in [4.78, 5) is 0.258. The Morgan fingerprint density at radius 2 is 1.86 bits per heavy atom. The van der Waals surface area contributed by atoms with Crippen molar-refractivity contribution in [1.29, 1.82) is 5.26 Å². The maximum atomic E-state index is 12.7. The van der Waals surface area contributed by atoms with Crippen LogP contribution in [0.2, 0.25) is 0 Å². The molecule has 0 radical (unpaired) electrons. The zero-order valence-corrected chi connectivity index (χ0v) is 13.8. The van der Waals surface area contributed by atoms with E-state index in [0.29, 0.717) is 24.6 Å². The highest BCUT2D eigenvalue weighted by Crippen LogP contribution is 2.37. The number of nitrogens with two attached hydrogens (primary N) is 1. The van der Waals surface area contributed by atoms with Gasteiger partial charge in [-0.15, -0.1) is 12.4 Å². The van der Waals surface area contributed by atoms with Crippen molar-refractivity contribution in [2.75, 3.05) is 13.1 Å². The molecule has 5 nitrogen and oxygen atoms in total. The molecule has 3 unspecified atom stereocenters. The van der Waals surface area contributed by atoms with E-state index in [1.807, 2.05) is 6.07 Å². The van der Waals surface area contributed by atoms with Gasteiger partial charge in [-0.25, -0.2) is 8.42 Å². The van der Waals surface area contributed by atoms with Gasteiger partial charge in [0.2, 0.25) is 10.0 Å². The van der Waals surface area contributed by atoms with Gasteiger partial charge in [0.15, 0.2) is 0 Å². The average Bonchev–Trinajstić information content (AvgIpc) is 2.94. The zero-order valence-electron chi connectivity index (χ0n) is 12.2. The first-order chi connectivity index (χ1) is 10.0. The lowest BCUT2D eigenvalue weighted by Gasteiger charge is -2.29. The maximum absolute atomic E-state index is 12.7. The Morgan fingerprint density at radius 3 is 2.45 bits per heavy atom. The van der Waals surface area contributed by atoms with Crippen molar-refractivity contribution >= 4 is 22.4 Å². The smallest absolute Gasteiger partial charge is 0.243 e. The summed E-state index contributed by atoms with van der Waals surface area (Å²) in [6.45, 7) is 1.09. The molecular formula is C15H20ClN3O2S. The summed E-state index contributed by atoms with van der Waals surface area (Å²) in [5.74, 6) is 0.675. The molecule has 0 amide bonds. The minimum atomic E-state index is -3.48. The van der Waals surface area contributed by atoms with Crippen LogP contribution in [0.3, 0.4) is 0 Å². The molecule has 1 aromatic rings. The third-order valence-electron chi connectivity index (χ3n) is 4.74. The van der Waals surface area contributed by atoms with Gasteiger partial charge in [-0.05, 0) is 48.9 Å². The van der Waals surface area contributed by atoms with Gasteiger partial charge >= 0.3 is 0 Å². The van der Waals surface area contributed by atoms with E-state index in [4.69, 9.17) is 11.0 Å². The van der Waals surface area contributed by atoms with Crippen LogP contribution in [0.5, 0.6) is 0 Å². The monoisotopic (exact) mass is 341 g/mol. The summed E-state index contributed by atoms with van der Waals surface area (Å²) < 4.78 is 26.9. The van der Waals surface area contributed by atoms with E-state index in [2.05, 4.69) is 0 Å².